The quantitative estimate of drug-likeness (QED) is 0.164. The van der Waals surface area contributed by atoms with Crippen molar-refractivity contribution < 1.29 is 69.5 Å². The minimum Gasteiger partial charge on any atom is -0.475 e. The highest BCUT2D eigenvalue weighted by molar-refractivity contribution is 5.96. The van der Waals surface area contributed by atoms with Crippen molar-refractivity contribution in [2.24, 2.45) is 0 Å². The summed E-state index contributed by atoms with van der Waals surface area (Å²) in [6, 6.07) is 1.51. The molecule has 0 bridgehead atoms. The van der Waals surface area contributed by atoms with Crippen LogP contribution in [0.1, 0.15) is 18.1 Å². The lowest BCUT2D eigenvalue weighted by Gasteiger charge is -2.29. The first-order chi connectivity index (χ1) is 16.1. The minimum atomic E-state index is -5.14. The largest absolute Gasteiger partial charge is 0.573 e. The Morgan fingerprint density at radius 2 is 1.80 bits per heavy atom. The molecule has 0 fully saturated rings. The molecule has 1 aromatic rings. The molecule has 1 aliphatic rings. The van der Waals surface area contributed by atoms with Gasteiger partial charge in [0.2, 0.25) is 12.9 Å². The van der Waals surface area contributed by atoms with Crippen molar-refractivity contribution in [3.63, 3.8) is 0 Å². The minimum absolute atomic E-state index is 0.138. The van der Waals surface area contributed by atoms with Gasteiger partial charge in [-0.1, -0.05) is 0 Å². The molecular weight excluding hydrogens is 504 g/mol. The van der Waals surface area contributed by atoms with Crippen LogP contribution in [-0.4, -0.2) is 55.4 Å². The van der Waals surface area contributed by atoms with E-state index in [4.69, 9.17) is 4.74 Å². The molecule has 1 unspecified atom stereocenters. The van der Waals surface area contributed by atoms with Gasteiger partial charge in [0.25, 0.3) is 5.09 Å². The standard InChI is InChI=1S/C18H15F6NO10/c1-8-3-11(34-18(22,23)24)4-10-5-12(14(17(19,20)21)33-13(8)10)15(26)31-7-32-16(27)30-6-9(2)35-25(28)29/h3-5,9,14H,6-7H2,1-2H3/t9-,14?/m0/s1. The van der Waals surface area contributed by atoms with Crippen molar-refractivity contribution >= 4 is 18.2 Å². The van der Waals surface area contributed by atoms with E-state index in [1.165, 1.54) is 13.8 Å². The molecule has 11 nitrogen and oxygen atoms in total. The number of hydrogen-bond donors (Lipinski definition) is 0. The second kappa shape index (κ2) is 10.6. The van der Waals surface area contributed by atoms with Gasteiger partial charge < -0.3 is 28.5 Å². The van der Waals surface area contributed by atoms with Crippen LogP contribution >= 0.6 is 0 Å². The Hall–Kier alpha value is -3.92. The van der Waals surface area contributed by atoms with Gasteiger partial charge >= 0.3 is 24.7 Å². The monoisotopic (exact) mass is 519 g/mol. The molecule has 1 heterocycles. The Kier molecular flexibility index (Phi) is 8.24. The summed E-state index contributed by atoms with van der Waals surface area (Å²) in [6.45, 7) is 0.478. The van der Waals surface area contributed by atoms with Crippen LogP contribution in [0, 0.1) is 17.0 Å². The van der Waals surface area contributed by atoms with Crippen LogP contribution in [0.15, 0.2) is 17.7 Å². The van der Waals surface area contributed by atoms with Gasteiger partial charge in [-0.2, -0.15) is 13.2 Å². The fourth-order valence-corrected chi connectivity index (χ4v) is 2.68. The molecule has 35 heavy (non-hydrogen) atoms. The summed E-state index contributed by atoms with van der Waals surface area (Å²) >= 11 is 0. The van der Waals surface area contributed by atoms with Gasteiger partial charge in [0, 0.05) is 5.56 Å². The molecule has 0 aromatic heterocycles. The number of carbonyl (C=O) groups is 2. The van der Waals surface area contributed by atoms with Crippen LogP contribution in [0.3, 0.4) is 0 Å². The maximum atomic E-state index is 13.5. The molecule has 0 spiro atoms. The molecule has 17 heteroatoms. The highest BCUT2D eigenvalue weighted by Gasteiger charge is 2.49. The lowest BCUT2D eigenvalue weighted by atomic mass is 9.99. The maximum Gasteiger partial charge on any atom is 0.573 e. The molecule has 0 aliphatic carbocycles. The molecule has 1 aromatic carbocycles. The van der Waals surface area contributed by atoms with E-state index in [2.05, 4.69) is 23.8 Å². The summed E-state index contributed by atoms with van der Waals surface area (Å²) in [4.78, 5) is 37.8. The number of nitrogens with zero attached hydrogens (tertiary/aromatic N) is 1. The van der Waals surface area contributed by atoms with Crippen LogP contribution in [0.5, 0.6) is 11.5 Å². The third kappa shape index (κ3) is 8.11. The van der Waals surface area contributed by atoms with Crippen molar-refractivity contribution in [1.82, 2.24) is 0 Å². The molecule has 0 saturated carbocycles. The van der Waals surface area contributed by atoms with Gasteiger partial charge in [0.1, 0.15) is 24.2 Å². The summed E-state index contributed by atoms with van der Waals surface area (Å²) in [5.74, 6) is -2.88. The SMILES string of the molecule is Cc1cc(OC(F)(F)F)cc2c1OC(C(F)(F)F)C(C(=O)OCOC(=O)OC[C@H](C)O[N+](=O)[O-])=C2. The van der Waals surface area contributed by atoms with Gasteiger partial charge in [-0.15, -0.1) is 23.3 Å². The van der Waals surface area contributed by atoms with Crippen LogP contribution < -0.4 is 9.47 Å². The summed E-state index contributed by atoms with van der Waals surface area (Å²) in [5.41, 5.74) is -1.63. The Morgan fingerprint density at radius 3 is 2.37 bits per heavy atom. The summed E-state index contributed by atoms with van der Waals surface area (Å²) in [5, 5.41) is 8.98. The number of fused-ring (bicyclic) bond motifs is 1. The zero-order valence-corrected chi connectivity index (χ0v) is 17.6. The van der Waals surface area contributed by atoms with Gasteiger partial charge in [0.15, 0.2) is 0 Å². The van der Waals surface area contributed by atoms with E-state index in [-0.39, 0.29) is 11.1 Å². The van der Waals surface area contributed by atoms with Crippen molar-refractivity contribution in [2.45, 2.75) is 38.6 Å². The molecule has 0 radical (unpaired) electrons. The lowest BCUT2D eigenvalue weighted by Crippen LogP contribution is -2.41. The van der Waals surface area contributed by atoms with Gasteiger partial charge in [-0.25, -0.2) is 9.59 Å². The number of rotatable bonds is 8. The van der Waals surface area contributed by atoms with Crippen molar-refractivity contribution in [3.05, 3.63) is 38.9 Å². The van der Waals surface area contributed by atoms with E-state index in [1.807, 2.05) is 0 Å². The zero-order valence-electron chi connectivity index (χ0n) is 17.6. The highest BCUT2D eigenvalue weighted by Crippen LogP contribution is 2.41. The maximum absolute atomic E-state index is 13.5. The van der Waals surface area contributed by atoms with E-state index in [1.54, 1.807) is 0 Å². The van der Waals surface area contributed by atoms with Crippen LogP contribution in [0.4, 0.5) is 31.1 Å². The lowest BCUT2D eigenvalue weighted by molar-refractivity contribution is -0.767. The fraction of sp³-hybridized carbons (Fsp3) is 0.444. The molecule has 0 N–H and O–H groups in total. The predicted molar refractivity (Wildman–Crippen MR) is 97.2 cm³/mol. The molecule has 194 valence electrons. The first-order valence-corrected chi connectivity index (χ1v) is 9.20. The summed E-state index contributed by atoms with van der Waals surface area (Å²) in [7, 11) is 0. The zero-order chi connectivity index (χ0) is 26.6. The first-order valence-electron chi connectivity index (χ1n) is 9.20. The number of halogens is 6. The van der Waals surface area contributed by atoms with E-state index < -0.39 is 72.4 Å². The second-order valence-electron chi connectivity index (χ2n) is 6.74. The van der Waals surface area contributed by atoms with Gasteiger partial charge in [-0.3, -0.25) is 0 Å². The van der Waals surface area contributed by atoms with Crippen molar-refractivity contribution in [1.29, 1.82) is 0 Å². The summed E-state index contributed by atoms with van der Waals surface area (Å²) in [6.07, 6.45) is -15.1. The molecular formula is C18H15F6NO10. The Labute approximate surface area is 191 Å². The fourth-order valence-electron chi connectivity index (χ4n) is 2.68. The number of hydrogen-bond acceptors (Lipinski definition) is 10. The summed E-state index contributed by atoms with van der Waals surface area (Å²) < 4.78 is 99.7. The van der Waals surface area contributed by atoms with Crippen LogP contribution in [-0.2, 0) is 23.8 Å². The Balaban J connectivity index is 2.13. The van der Waals surface area contributed by atoms with E-state index in [0.29, 0.717) is 12.1 Å². The number of ether oxygens (including phenoxy) is 5. The smallest absolute Gasteiger partial charge is 0.475 e. The average molecular weight is 519 g/mol. The number of carbonyl (C=O) groups excluding carboxylic acids is 2. The number of benzene rings is 1. The molecule has 0 saturated heterocycles. The van der Waals surface area contributed by atoms with Gasteiger partial charge in [0.05, 0.1) is 5.57 Å². The van der Waals surface area contributed by atoms with Gasteiger partial charge in [-0.05, 0) is 37.6 Å². The predicted octanol–water partition coefficient (Wildman–Crippen LogP) is 3.85. The van der Waals surface area contributed by atoms with Crippen molar-refractivity contribution in [2.75, 3.05) is 13.4 Å². The Morgan fingerprint density at radius 1 is 1.14 bits per heavy atom. The molecule has 2 atom stereocenters. The topological polar surface area (TPSA) is 133 Å². The van der Waals surface area contributed by atoms with E-state index in [9.17, 15) is 46.0 Å². The number of alkyl halides is 6. The Bertz CT molecular complexity index is 1010. The third-order valence-electron chi connectivity index (χ3n) is 3.94. The average Bonchev–Trinajstić information content (AvgIpc) is 2.68. The second-order valence-corrected chi connectivity index (χ2v) is 6.74. The number of esters is 1. The van der Waals surface area contributed by atoms with E-state index >= 15 is 0 Å². The van der Waals surface area contributed by atoms with Crippen LogP contribution in [0.2, 0.25) is 0 Å². The molecule has 1 aliphatic heterocycles. The number of aryl methyl sites for hydroxylation is 1. The third-order valence-corrected chi connectivity index (χ3v) is 3.94. The first kappa shape index (κ1) is 27.3. The van der Waals surface area contributed by atoms with E-state index in [0.717, 1.165) is 6.07 Å². The molecule has 2 rings (SSSR count). The molecule has 0 amide bonds. The van der Waals surface area contributed by atoms with Crippen LogP contribution in [0.25, 0.3) is 6.08 Å². The normalized spacial score (nSPS) is 16.1. The van der Waals surface area contributed by atoms with Crippen molar-refractivity contribution in [3.8, 4) is 11.5 Å². The highest BCUT2D eigenvalue weighted by atomic mass is 19.4.